The maximum absolute atomic E-state index is 10.1. The molecule has 148 valence electrons. The van der Waals surface area contributed by atoms with E-state index in [0.29, 0.717) is 13.2 Å². The first-order chi connectivity index (χ1) is 12.7. The molecule has 2 N–H and O–H groups in total. The minimum Gasteiger partial charge on any atom is -0.389 e. The molecule has 0 aliphatic rings. The van der Waals surface area contributed by atoms with Crippen LogP contribution in [0.15, 0.2) is 65.7 Å². The number of rotatable bonds is 9. The van der Waals surface area contributed by atoms with Crippen molar-refractivity contribution in [3.05, 3.63) is 71.8 Å². The highest BCUT2D eigenvalue weighted by Gasteiger charge is 2.09. The Hall–Kier alpha value is -1.64. The van der Waals surface area contributed by atoms with Gasteiger partial charge in [0.15, 0.2) is 5.96 Å². The summed E-state index contributed by atoms with van der Waals surface area (Å²) in [6.45, 7) is 4.63. The molecule has 0 bridgehead atoms. The molecule has 5 nitrogen and oxygen atoms in total. The van der Waals surface area contributed by atoms with Gasteiger partial charge in [-0.1, -0.05) is 60.7 Å². The van der Waals surface area contributed by atoms with E-state index in [1.165, 1.54) is 5.56 Å². The topological polar surface area (TPSA) is 57.1 Å². The predicted molar refractivity (Wildman–Crippen MR) is 121 cm³/mol. The van der Waals surface area contributed by atoms with Crippen molar-refractivity contribution in [2.45, 2.75) is 26.2 Å². The number of halogens is 1. The standard InChI is InChI=1S/C21H29N3O2.HI/c1-3-22-21(24(2)15-18-10-6-4-7-11-18)23-14-20(25)17-26-16-19-12-8-5-9-13-19;/h4-13,20,25H,3,14-17H2,1-2H3,(H,22,23);1H. The highest BCUT2D eigenvalue weighted by molar-refractivity contribution is 14.0. The van der Waals surface area contributed by atoms with Crippen LogP contribution in [0.4, 0.5) is 0 Å². The summed E-state index contributed by atoms with van der Waals surface area (Å²) in [6, 6.07) is 20.2. The Balaban J connectivity index is 0.00000364. The van der Waals surface area contributed by atoms with Crippen molar-refractivity contribution < 1.29 is 9.84 Å². The van der Waals surface area contributed by atoms with Gasteiger partial charge in [-0.05, 0) is 18.1 Å². The van der Waals surface area contributed by atoms with Gasteiger partial charge in [0.25, 0.3) is 0 Å². The van der Waals surface area contributed by atoms with Crippen LogP contribution < -0.4 is 5.32 Å². The lowest BCUT2D eigenvalue weighted by Gasteiger charge is -2.22. The SMILES string of the molecule is CCNC(=NCC(O)COCc1ccccc1)N(C)Cc1ccccc1.I. The van der Waals surface area contributed by atoms with Crippen LogP contribution in [0.2, 0.25) is 0 Å². The van der Waals surface area contributed by atoms with E-state index in [0.717, 1.165) is 24.6 Å². The maximum Gasteiger partial charge on any atom is 0.194 e. The molecule has 0 aliphatic carbocycles. The van der Waals surface area contributed by atoms with Crippen LogP contribution in [0, 0.1) is 0 Å². The van der Waals surface area contributed by atoms with Crippen LogP contribution in [0.3, 0.4) is 0 Å². The first-order valence-electron chi connectivity index (χ1n) is 9.02. The zero-order valence-corrected chi connectivity index (χ0v) is 18.4. The van der Waals surface area contributed by atoms with Crippen LogP contribution in [0.25, 0.3) is 0 Å². The summed E-state index contributed by atoms with van der Waals surface area (Å²) in [6.07, 6.45) is -0.627. The second-order valence-electron chi connectivity index (χ2n) is 6.19. The maximum atomic E-state index is 10.1. The van der Waals surface area contributed by atoms with Gasteiger partial charge in [-0.25, -0.2) is 0 Å². The van der Waals surface area contributed by atoms with Crippen molar-refractivity contribution in [1.82, 2.24) is 10.2 Å². The summed E-state index contributed by atoms with van der Waals surface area (Å²) >= 11 is 0. The van der Waals surface area contributed by atoms with Gasteiger partial charge in [-0.3, -0.25) is 4.99 Å². The van der Waals surface area contributed by atoms with Crippen LogP contribution in [0.1, 0.15) is 18.1 Å². The third kappa shape index (κ3) is 9.21. The van der Waals surface area contributed by atoms with Gasteiger partial charge < -0.3 is 20.1 Å². The van der Waals surface area contributed by atoms with Gasteiger partial charge >= 0.3 is 0 Å². The molecular weight excluding hydrogens is 453 g/mol. The summed E-state index contributed by atoms with van der Waals surface area (Å²) in [5, 5.41) is 13.4. The van der Waals surface area contributed by atoms with E-state index in [1.807, 2.05) is 62.5 Å². The van der Waals surface area contributed by atoms with Crippen LogP contribution >= 0.6 is 24.0 Å². The summed E-state index contributed by atoms with van der Waals surface area (Å²) < 4.78 is 5.58. The summed E-state index contributed by atoms with van der Waals surface area (Å²) in [5.74, 6) is 0.776. The molecule has 0 fully saturated rings. The van der Waals surface area contributed by atoms with Crippen LogP contribution in [-0.2, 0) is 17.9 Å². The Morgan fingerprint density at radius 3 is 2.26 bits per heavy atom. The highest BCUT2D eigenvalue weighted by Crippen LogP contribution is 2.04. The molecule has 0 heterocycles. The average Bonchev–Trinajstić information content (AvgIpc) is 2.66. The molecule has 0 saturated heterocycles. The molecule has 6 heteroatoms. The fraction of sp³-hybridized carbons (Fsp3) is 0.381. The summed E-state index contributed by atoms with van der Waals surface area (Å²) in [7, 11) is 1.99. The molecule has 2 aromatic carbocycles. The van der Waals surface area contributed by atoms with Gasteiger partial charge in [-0.2, -0.15) is 0 Å². The van der Waals surface area contributed by atoms with Gasteiger partial charge in [0.1, 0.15) is 0 Å². The zero-order chi connectivity index (χ0) is 18.6. The number of guanidine groups is 1. The Morgan fingerprint density at radius 2 is 1.67 bits per heavy atom. The van der Waals surface area contributed by atoms with E-state index < -0.39 is 6.10 Å². The Morgan fingerprint density at radius 1 is 1.07 bits per heavy atom. The van der Waals surface area contributed by atoms with E-state index >= 15 is 0 Å². The predicted octanol–water partition coefficient (Wildman–Crippen LogP) is 3.28. The second kappa shape index (κ2) is 13.5. The number of aliphatic imine (C=N–C) groups is 1. The molecule has 2 rings (SSSR count). The quantitative estimate of drug-likeness (QED) is 0.327. The zero-order valence-electron chi connectivity index (χ0n) is 16.0. The van der Waals surface area contributed by atoms with E-state index in [9.17, 15) is 5.11 Å². The van der Waals surface area contributed by atoms with E-state index in [1.54, 1.807) is 0 Å². The summed E-state index contributed by atoms with van der Waals surface area (Å²) in [5.41, 5.74) is 2.31. The van der Waals surface area contributed by atoms with Crippen molar-refractivity contribution in [2.75, 3.05) is 26.7 Å². The first kappa shape index (κ1) is 23.4. The monoisotopic (exact) mass is 483 g/mol. The third-order valence-electron chi connectivity index (χ3n) is 3.83. The Labute approximate surface area is 179 Å². The smallest absolute Gasteiger partial charge is 0.194 e. The van der Waals surface area contributed by atoms with E-state index in [-0.39, 0.29) is 30.6 Å². The second-order valence-corrected chi connectivity index (χ2v) is 6.19. The van der Waals surface area contributed by atoms with Gasteiger partial charge in [0, 0.05) is 20.1 Å². The fourth-order valence-electron chi connectivity index (χ4n) is 2.53. The number of nitrogens with one attached hydrogen (secondary N) is 1. The van der Waals surface area contributed by atoms with Crippen molar-refractivity contribution in [3.63, 3.8) is 0 Å². The lowest BCUT2D eigenvalue weighted by atomic mass is 10.2. The fourth-order valence-corrected chi connectivity index (χ4v) is 2.53. The van der Waals surface area contributed by atoms with Crippen LogP contribution in [-0.4, -0.2) is 48.8 Å². The van der Waals surface area contributed by atoms with Crippen molar-refractivity contribution in [3.8, 4) is 0 Å². The van der Waals surface area contributed by atoms with Crippen LogP contribution in [0.5, 0.6) is 0 Å². The molecule has 0 amide bonds. The largest absolute Gasteiger partial charge is 0.389 e. The molecule has 1 unspecified atom stereocenters. The number of hydrogen-bond donors (Lipinski definition) is 2. The summed E-state index contributed by atoms with van der Waals surface area (Å²) in [4.78, 5) is 6.59. The van der Waals surface area contributed by atoms with E-state index in [4.69, 9.17) is 4.74 Å². The lowest BCUT2D eigenvalue weighted by molar-refractivity contribution is 0.0330. The van der Waals surface area contributed by atoms with Gasteiger partial charge in [0.05, 0.1) is 25.9 Å². The minimum absolute atomic E-state index is 0. The number of aliphatic hydroxyl groups excluding tert-OH is 1. The van der Waals surface area contributed by atoms with E-state index in [2.05, 4.69) is 27.3 Å². The van der Waals surface area contributed by atoms with Gasteiger partial charge in [-0.15, -0.1) is 24.0 Å². The average molecular weight is 483 g/mol. The molecule has 0 aliphatic heterocycles. The van der Waals surface area contributed by atoms with Crippen molar-refractivity contribution in [1.29, 1.82) is 0 Å². The van der Waals surface area contributed by atoms with Crippen molar-refractivity contribution in [2.24, 2.45) is 4.99 Å². The Kier molecular flexibility index (Phi) is 11.7. The van der Waals surface area contributed by atoms with Gasteiger partial charge in [0.2, 0.25) is 0 Å². The number of hydrogen-bond acceptors (Lipinski definition) is 3. The number of benzene rings is 2. The molecular formula is C21H30IN3O2. The number of nitrogens with zero attached hydrogens (tertiary/aromatic N) is 2. The number of aliphatic hydroxyl groups is 1. The Bertz CT molecular complexity index is 653. The molecule has 0 spiro atoms. The molecule has 0 aromatic heterocycles. The highest BCUT2D eigenvalue weighted by atomic mass is 127. The molecule has 0 saturated carbocycles. The first-order valence-corrected chi connectivity index (χ1v) is 9.02. The molecule has 27 heavy (non-hydrogen) atoms. The molecule has 2 aromatic rings. The normalized spacial score (nSPS) is 12.2. The molecule has 1 atom stereocenters. The van der Waals surface area contributed by atoms with Crippen molar-refractivity contribution >= 4 is 29.9 Å². The third-order valence-corrected chi connectivity index (χ3v) is 3.83. The lowest BCUT2D eigenvalue weighted by Crippen LogP contribution is -2.39. The number of ether oxygens (including phenoxy) is 1. The molecule has 0 radical (unpaired) electrons. The minimum atomic E-state index is -0.627.